The van der Waals surface area contributed by atoms with Crippen molar-refractivity contribution in [3.8, 4) is 5.75 Å². The third-order valence-corrected chi connectivity index (χ3v) is 5.02. The van der Waals surface area contributed by atoms with Crippen LogP contribution in [0.25, 0.3) is 0 Å². The van der Waals surface area contributed by atoms with Crippen molar-refractivity contribution in [2.45, 2.75) is 25.8 Å². The number of carbonyl (C=O) groups excluding carboxylic acids is 1. The molecule has 1 aliphatic rings. The van der Waals surface area contributed by atoms with Gasteiger partial charge in [-0.2, -0.15) is 0 Å². The van der Waals surface area contributed by atoms with E-state index in [1.165, 1.54) is 6.42 Å². The molecule has 2 aromatic carbocycles. The molecular formula is C20H22Cl2N4O2. The van der Waals surface area contributed by atoms with Crippen molar-refractivity contribution >= 4 is 40.8 Å². The van der Waals surface area contributed by atoms with E-state index in [4.69, 9.17) is 39.4 Å². The Bertz CT molecular complexity index is 878. The number of nitrogens with two attached hydrogens (primary N) is 2. The van der Waals surface area contributed by atoms with Crippen LogP contribution in [0.15, 0.2) is 41.4 Å². The lowest BCUT2D eigenvalue weighted by atomic mass is 9.86. The maximum atomic E-state index is 11.5. The van der Waals surface area contributed by atoms with E-state index < -0.39 is 5.91 Å². The van der Waals surface area contributed by atoms with E-state index in [9.17, 15) is 4.79 Å². The van der Waals surface area contributed by atoms with Gasteiger partial charge in [-0.1, -0.05) is 29.6 Å². The van der Waals surface area contributed by atoms with Gasteiger partial charge in [-0.25, -0.2) is 4.99 Å². The van der Waals surface area contributed by atoms with Crippen LogP contribution >= 0.6 is 23.2 Å². The number of rotatable bonds is 7. The Balaban J connectivity index is 1.72. The van der Waals surface area contributed by atoms with E-state index in [2.05, 4.69) is 10.3 Å². The highest BCUT2D eigenvalue weighted by Gasteiger charge is 2.19. The highest BCUT2D eigenvalue weighted by Crippen LogP contribution is 2.30. The average molecular weight is 421 g/mol. The lowest BCUT2D eigenvalue weighted by Crippen LogP contribution is -2.24. The minimum atomic E-state index is -0.514. The van der Waals surface area contributed by atoms with Crippen molar-refractivity contribution in [3.63, 3.8) is 0 Å². The van der Waals surface area contributed by atoms with Crippen LogP contribution in [0.1, 0.15) is 35.2 Å². The van der Waals surface area contributed by atoms with Gasteiger partial charge in [-0.3, -0.25) is 4.79 Å². The zero-order valence-electron chi connectivity index (χ0n) is 15.3. The van der Waals surface area contributed by atoms with Gasteiger partial charge in [0.25, 0.3) is 0 Å². The lowest BCUT2D eigenvalue weighted by molar-refractivity contribution is 0.0999. The topological polar surface area (TPSA) is 103 Å². The fraction of sp³-hybridized carbons (Fsp3) is 0.300. The van der Waals surface area contributed by atoms with Gasteiger partial charge >= 0.3 is 0 Å². The minimum absolute atomic E-state index is 0.205. The third kappa shape index (κ3) is 5.53. The maximum absolute atomic E-state index is 11.5. The number of primary amides is 1. The fourth-order valence-corrected chi connectivity index (χ4v) is 3.39. The van der Waals surface area contributed by atoms with E-state index >= 15 is 0 Å². The number of hydrogen-bond acceptors (Lipinski definition) is 3. The molecule has 28 heavy (non-hydrogen) atoms. The molecule has 0 bridgehead atoms. The number of ether oxygens (including phenoxy) is 1. The molecule has 1 amide bonds. The van der Waals surface area contributed by atoms with Crippen LogP contribution in [0.4, 0.5) is 5.69 Å². The second-order valence-corrected chi connectivity index (χ2v) is 7.66. The number of hydrogen-bond donors (Lipinski definition) is 3. The van der Waals surface area contributed by atoms with Gasteiger partial charge in [0.1, 0.15) is 5.75 Å². The van der Waals surface area contributed by atoms with Gasteiger partial charge in [-0.05, 0) is 60.7 Å². The summed E-state index contributed by atoms with van der Waals surface area (Å²) >= 11 is 12.0. The molecule has 0 radical (unpaired) electrons. The Morgan fingerprint density at radius 2 is 1.86 bits per heavy atom. The normalized spacial score (nSPS) is 14.4. The lowest BCUT2D eigenvalue weighted by Gasteiger charge is -2.25. The van der Waals surface area contributed by atoms with Gasteiger partial charge in [-0.15, -0.1) is 0 Å². The Morgan fingerprint density at radius 3 is 2.46 bits per heavy atom. The summed E-state index contributed by atoms with van der Waals surface area (Å²) in [7, 11) is 0. The van der Waals surface area contributed by atoms with Crippen LogP contribution in [0.2, 0.25) is 10.0 Å². The summed E-state index contributed by atoms with van der Waals surface area (Å²) in [6.07, 6.45) is 3.54. The highest BCUT2D eigenvalue weighted by atomic mass is 35.5. The van der Waals surface area contributed by atoms with Crippen molar-refractivity contribution < 1.29 is 9.53 Å². The standard InChI is InChI=1S/C20H22Cl2N4O2/c21-15-6-13(7-16(22)9-15)10-25-20(24)26-17-5-4-14(19(23)27)8-18(17)28-11-12-2-1-3-12/h4-9,12H,1-3,10-11H2,(H2,23,27)(H3,24,25,26). The zero-order chi connectivity index (χ0) is 20.1. The molecule has 1 aliphatic carbocycles. The molecule has 148 valence electrons. The second-order valence-electron chi connectivity index (χ2n) is 6.79. The van der Waals surface area contributed by atoms with Gasteiger partial charge in [0.2, 0.25) is 5.91 Å². The van der Waals surface area contributed by atoms with Crippen molar-refractivity contribution in [1.82, 2.24) is 0 Å². The Hall–Kier alpha value is -2.44. The third-order valence-electron chi connectivity index (χ3n) is 4.58. The minimum Gasteiger partial charge on any atom is -0.491 e. The van der Waals surface area contributed by atoms with Crippen LogP contribution in [0.3, 0.4) is 0 Å². The number of aliphatic imine (C=N–C) groups is 1. The molecule has 3 rings (SSSR count). The van der Waals surface area contributed by atoms with E-state index in [1.807, 2.05) is 0 Å². The number of halogens is 2. The molecule has 0 atom stereocenters. The van der Waals surface area contributed by atoms with Gasteiger partial charge < -0.3 is 21.5 Å². The average Bonchev–Trinajstić information content (AvgIpc) is 2.59. The first-order valence-electron chi connectivity index (χ1n) is 8.99. The summed E-state index contributed by atoms with van der Waals surface area (Å²) in [5.74, 6) is 0.756. The first-order chi connectivity index (χ1) is 13.4. The van der Waals surface area contributed by atoms with Crippen LogP contribution in [0.5, 0.6) is 5.75 Å². The van der Waals surface area contributed by atoms with Crippen LogP contribution in [-0.4, -0.2) is 18.5 Å². The molecule has 0 spiro atoms. The zero-order valence-corrected chi connectivity index (χ0v) is 16.8. The highest BCUT2D eigenvalue weighted by molar-refractivity contribution is 6.34. The molecule has 1 fully saturated rings. The number of nitrogens with one attached hydrogen (secondary N) is 1. The van der Waals surface area contributed by atoms with Crippen molar-refractivity contribution in [3.05, 3.63) is 57.6 Å². The van der Waals surface area contributed by atoms with Crippen molar-refractivity contribution in [2.24, 2.45) is 22.4 Å². The van der Waals surface area contributed by atoms with E-state index in [0.717, 1.165) is 18.4 Å². The molecule has 0 heterocycles. The number of anilines is 1. The second kappa shape index (κ2) is 9.17. The molecule has 0 aromatic heterocycles. The smallest absolute Gasteiger partial charge is 0.248 e. The summed E-state index contributed by atoms with van der Waals surface area (Å²) < 4.78 is 5.91. The van der Waals surface area contributed by atoms with Crippen molar-refractivity contribution in [2.75, 3.05) is 11.9 Å². The molecule has 0 aliphatic heterocycles. The molecule has 8 heteroatoms. The predicted octanol–water partition coefficient (Wildman–Crippen LogP) is 4.20. The van der Waals surface area contributed by atoms with Gasteiger partial charge in [0.15, 0.2) is 5.96 Å². The first-order valence-corrected chi connectivity index (χ1v) is 9.75. The Morgan fingerprint density at radius 1 is 1.14 bits per heavy atom. The van der Waals surface area contributed by atoms with Crippen molar-refractivity contribution in [1.29, 1.82) is 0 Å². The SMILES string of the molecule is NC(=O)c1ccc(NC(N)=NCc2cc(Cl)cc(Cl)c2)c(OCC2CCC2)c1. The molecule has 2 aromatic rings. The molecular weight excluding hydrogens is 399 g/mol. The molecule has 0 unspecified atom stereocenters. The van der Waals surface area contributed by atoms with Crippen LogP contribution in [0, 0.1) is 5.92 Å². The molecule has 0 saturated heterocycles. The Labute approximate surface area is 173 Å². The Kier molecular flexibility index (Phi) is 6.65. The van der Waals surface area contributed by atoms with Crippen LogP contribution < -0.4 is 21.5 Å². The summed E-state index contributed by atoms with van der Waals surface area (Å²) in [4.78, 5) is 15.8. The number of nitrogens with zero attached hydrogens (tertiary/aromatic N) is 1. The number of guanidine groups is 1. The summed E-state index contributed by atoms with van der Waals surface area (Å²) in [6, 6.07) is 10.1. The molecule has 5 N–H and O–H groups in total. The number of amides is 1. The van der Waals surface area contributed by atoms with Crippen LogP contribution in [-0.2, 0) is 6.54 Å². The quantitative estimate of drug-likeness (QED) is 0.461. The summed E-state index contributed by atoms with van der Waals surface area (Å²) in [5, 5.41) is 4.10. The monoisotopic (exact) mass is 420 g/mol. The predicted molar refractivity (Wildman–Crippen MR) is 113 cm³/mol. The summed E-state index contributed by atoms with van der Waals surface area (Å²) in [5.41, 5.74) is 13.2. The molecule has 6 nitrogen and oxygen atoms in total. The van der Waals surface area contributed by atoms with E-state index in [1.54, 1.807) is 36.4 Å². The maximum Gasteiger partial charge on any atom is 0.248 e. The van der Waals surface area contributed by atoms with Gasteiger partial charge in [0.05, 0.1) is 18.8 Å². The molecule has 1 saturated carbocycles. The fourth-order valence-electron chi connectivity index (χ4n) is 2.82. The van der Waals surface area contributed by atoms with E-state index in [-0.39, 0.29) is 5.96 Å². The first kappa shape index (κ1) is 20.3. The van der Waals surface area contributed by atoms with E-state index in [0.29, 0.717) is 46.1 Å². The number of benzene rings is 2. The largest absolute Gasteiger partial charge is 0.491 e. The van der Waals surface area contributed by atoms with Gasteiger partial charge in [0, 0.05) is 15.6 Å². The summed E-state index contributed by atoms with van der Waals surface area (Å²) in [6.45, 7) is 0.908. The number of carbonyl (C=O) groups is 1.